The molecule has 0 unspecified atom stereocenters. The molecule has 178 valence electrons. The zero-order valence-electron chi connectivity index (χ0n) is 19.8. The molecule has 1 saturated carbocycles. The fourth-order valence-corrected chi connectivity index (χ4v) is 5.31. The van der Waals surface area contributed by atoms with E-state index >= 15 is 0 Å². The molecule has 2 amide bonds. The summed E-state index contributed by atoms with van der Waals surface area (Å²) in [7, 11) is 0. The van der Waals surface area contributed by atoms with E-state index in [1.165, 1.54) is 4.90 Å². The number of rotatable bonds is 4. The average Bonchev–Trinajstić information content (AvgIpc) is 3.22. The number of cyclic esters (lactones) is 1. The van der Waals surface area contributed by atoms with Gasteiger partial charge in [0.25, 0.3) is 0 Å². The number of imide groups is 1. The van der Waals surface area contributed by atoms with Crippen molar-refractivity contribution in [2.24, 2.45) is 11.3 Å². The first-order valence-corrected chi connectivity index (χ1v) is 12.1. The smallest absolute Gasteiger partial charge is 0.416 e. The van der Waals surface area contributed by atoms with Crippen LogP contribution in [0.2, 0.25) is 0 Å². The van der Waals surface area contributed by atoms with Crippen LogP contribution in [0.4, 0.5) is 4.79 Å². The van der Waals surface area contributed by atoms with Gasteiger partial charge >= 0.3 is 6.09 Å². The predicted octanol–water partition coefficient (Wildman–Crippen LogP) is 4.53. The highest BCUT2D eigenvalue weighted by Crippen LogP contribution is 2.48. The summed E-state index contributed by atoms with van der Waals surface area (Å²) in [5.74, 6) is -1.47. The van der Waals surface area contributed by atoms with Gasteiger partial charge in [0, 0.05) is 35.7 Å². The molecule has 3 atom stereocenters. The molecular formula is C28H31NO5. The largest absolute Gasteiger partial charge is 0.447 e. The van der Waals surface area contributed by atoms with Crippen molar-refractivity contribution in [3.63, 3.8) is 0 Å². The first kappa shape index (κ1) is 22.9. The van der Waals surface area contributed by atoms with Crippen LogP contribution >= 0.6 is 0 Å². The molecule has 6 heteroatoms. The first-order valence-electron chi connectivity index (χ1n) is 12.1. The van der Waals surface area contributed by atoms with Gasteiger partial charge in [-0.1, -0.05) is 62.4 Å². The Balaban J connectivity index is 1.39. The van der Waals surface area contributed by atoms with E-state index in [-0.39, 0.29) is 35.8 Å². The molecule has 2 heterocycles. The molecule has 0 bridgehead atoms. The summed E-state index contributed by atoms with van der Waals surface area (Å²) in [6, 6.07) is 21.5. The minimum atomic E-state index is -0.713. The molecule has 1 spiro atoms. The van der Waals surface area contributed by atoms with E-state index in [4.69, 9.17) is 14.2 Å². The molecule has 2 aromatic carbocycles. The highest BCUT2D eigenvalue weighted by atomic mass is 16.7. The van der Waals surface area contributed by atoms with E-state index in [1.54, 1.807) is 6.07 Å². The zero-order chi connectivity index (χ0) is 23.8. The quantitative estimate of drug-likeness (QED) is 0.669. The van der Waals surface area contributed by atoms with Crippen molar-refractivity contribution < 1.29 is 23.8 Å². The summed E-state index contributed by atoms with van der Waals surface area (Å²) in [5.41, 5.74) is 1.92. The SMILES string of the molecule is CC1(C)COC2(CC[C@@H](C(=O)N3C(=O)OC[C@H]3Cc3ccccc3)[C@H](c3c#cccc3)C2)OC1. The predicted molar refractivity (Wildman–Crippen MR) is 125 cm³/mol. The lowest BCUT2D eigenvalue weighted by Gasteiger charge is -2.49. The van der Waals surface area contributed by atoms with Gasteiger partial charge in [0.1, 0.15) is 6.61 Å². The lowest BCUT2D eigenvalue weighted by Crippen LogP contribution is -2.53. The molecule has 2 aliphatic heterocycles. The molecule has 1 aliphatic carbocycles. The molecular weight excluding hydrogens is 430 g/mol. The second-order valence-corrected chi connectivity index (χ2v) is 10.5. The Morgan fingerprint density at radius 3 is 2.59 bits per heavy atom. The van der Waals surface area contributed by atoms with Gasteiger partial charge in [0.15, 0.2) is 5.79 Å². The maximum Gasteiger partial charge on any atom is 0.416 e. The average molecular weight is 462 g/mol. The van der Waals surface area contributed by atoms with E-state index in [0.717, 1.165) is 11.1 Å². The van der Waals surface area contributed by atoms with Crippen molar-refractivity contribution in [2.75, 3.05) is 19.8 Å². The molecule has 3 fully saturated rings. The van der Waals surface area contributed by atoms with E-state index in [2.05, 4.69) is 26.0 Å². The Kier molecular flexibility index (Phi) is 6.09. The Morgan fingerprint density at radius 2 is 1.88 bits per heavy atom. The van der Waals surface area contributed by atoms with Gasteiger partial charge in [-0.2, -0.15) is 0 Å². The van der Waals surface area contributed by atoms with Crippen molar-refractivity contribution >= 4 is 12.0 Å². The minimum Gasteiger partial charge on any atom is -0.447 e. The van der Waals surface area contributed by atoms with Gasteiger partial charge < -0.3 is 14.2 Å². The minimum absolute atomic E-state index is 0.0377. The van der Waals surface area contributed by atoms with Gasteiger partial charge in [0.05, 0.1) is 19.3 Å². The highest BCUT2D eigenvalue weighted by molar-refractivity contribution is 5.95. The summed E-state index contributed by atoms with van der Waals surface area (Å²) < 4.78 is 17.9. The van der Waals surface area contributed by atoms with E-state index < -0.39 is 11.9 Å². The normalized spacial score (nSPS) is 27.8. The van der Waals surface area contributed by atoms with Crippen molar-refractivity contribution in [3.05, 3.63) is 71.8 Å². The summed E-state index contributed by atoms with van der Waals surface area (Å²) in [6.07, 6.45) is 1.74. The van der Waals surface area contributed by atoms with Crippen LogP contribution in [0.15, 0.2) is 48.5 Å². The molecule has 6 nitrogen and oxygen atoms in total. The van der Waals surface area contributed by atoms with Crippen molar-refractivity contribution in [1.82, 2.24) is 4.90 Å². The van der Waals surface area contributed by atoms with Gasteiger partial charge in [-0.15, -0.1) is 0 Å². The summed E-state index contributed by atoms with van der Waals surface area (Å²) >= 11 is 0. The van der Waals surface area contributed by atoms with Gasteiger partial charge in [-0.3, -0.25) is 4.79 Å². The summed E-state index contributed by atoms with van der Waals surface area (Å²) in [4.78, 5) is 27.9. The lowest BCUT2D eigenvalue weighted by molar-refractivity contribution is -0.314. The number of hydrogen-bond acceptors (Lipinski definition) is 5. The molecule has 5 rings (SSSR count). The van der Waals surface area contributed by atoms with Crippen LogP contribution < -0.4 is 0 Å². The monoisotopic (exact) mass is 461 g/mol. The van der Waals surface area contributed by atoms with Gasteiger partial charge in [-0.25, -0.2) is 9.69 Å². The molecule has 3 aliphatic rings. The van der Waals surface area contributed by atoms with Crippen molar-refractivity contribution in [3.8, 4) is 0 Å². The van der Waals surface area contributed by atoms with Gasteiger partial charge in [-0.05, 0) is 30.5 Å². The third kappa shape index (κ3) is 4.55. The molecule has 0 N–H and O–H groups in total. The second kappa shape index (κ2) is 9.05. The van der Waals surface area contributed by atoms with Crippen molar-refractivity contribution in [1.29, 1.82) is 0 Å². The Bertz CT molecular complexity index is 1010. The Morgan fingerprint density at radius 1 is 1.12 bits per heavy atom. The van der Waals surface area contributed by atoms with Crippen LogP contribution in [-0.2, 0) is 25.4 Å². The topological polar surface area (TPSA) is 65.1 Å². The third-order valence-corrected chi connectivity index (χ3v) is 7.21. The Labute approximate surface area is 201 Å². The molecule has 34 heavy (non-hydrogen) atoms. The van der Waals surface area contributed by atoms with Crippen LogP contribution in [0.25, 0.3) is 0 Å². The molecule has 2 aromatic rings. The number of benzene rings is 1. The number of hydrogen-bond donors (Lipinski definition) is 0. The first-order chi connectivity index (χ1) is 16.4. The van der Waals surface area contributed by atoms with E-state index in [1.807, 2.05) is 42.5 Å². The lowest BCUT2D eigenvalue weighted by atomic mass is 9.72. The molecule has 0 aromatic heterocycles. The second-order valence-electron chi connectivity index (χ2n) is 10.5. The van der Waals surface area contributed by atoms with Crippen molar-refractivity contribution in [2.45, 2.75) is 57.3 Å². The fourth-order valence-electron chi connectivity index (χ4n) is 5.31. The van der Waals surface area contributed by atoms with Crippen LogP contribution in [0, 0.1) is 23.5 Å². The van der Waals surface area contributed by atoms with Crippen LogP contribution in [-0.4, -0.2) is 48.5 Å². The Hall–Kier alpha value is -2.88. The van der Waals surface area contributed by atoms with E-state index in [9.17, 15) is 9.59 Å². The van der Waals surface area contributed by atoms with Gasteiger partial charge in [0.2, 0.25) is 5.91 Å². The number of carbonyl (C=O) groups excluding carboxylic acids is 2. The maximum absolute atomic E-state index is 13.9. The fraction of sp³-hybridized carbons (Fsp3) is 0.500. The maximum atomic E-state index is 13.9. The highest BCUT2D eigenvalue weighted by Gasteiger charge is 2.51. The summed E-state index contributed by atoms with van der Waals surface area (Å²) in [5, 5.41) is 0. The number of nitrogens with zero attached hydrogens (tertiary/aromatic N) is 1. The van der Waals surface area contributed by atoms with E-state index in [0.29, 0.717) is 38.9 Å². The van der Waals surface area contributed by atoms with Crippen LogP contribution in [0.1, 0.15) is 50.2 Å². The van der Waals surface area contributed by atoms with Crippen LogP contribution in [0.5, 0.6) is 0 Å². The molecule has 0 radical (unpaired) electrons. The number of carbonyl (C=O) groups is 2. The zero-order valence-corrected chi connectivity index (χ0v) is 19.8. The summed E-state index contributed by atoms with van der Waals surface area (Å²) in [6.45, 7) is 5.69. The standard InChI is InChI=1S/C28H31NO5/c1-27(2)18-33-28(34-19-27)14-13-23(24(16-28)21-11-7-4-8-12-21)25(30)29-22(17-32-26(29)31)15-20-9-5-3-6-10-20/h3-7,9-11,22-24H,13-19H2,1-2H3/t22-,23-,24+/m1/s1. The number of amides is 2. The molecule has 2 saturated heterocycles. The van der Waals surface area contributed by atoms with Crippen LogP contribution in [0.3, 0.4) is 0 Å². The number of ether oxygens (including phenoxy) is 3. The third-order valence-electron chi connectivity index (χ3n) is 7.21.